The molecule has 0 radical (unpaired) electrons. The maximum Gasteiger partial charge on any atom is 0.0635 e. The quantitative estimate of drug-likeness (QED) is 0.731. The van der Waals surface area contributed by atoms with E-state index in [1.165, 1.54) is 0 Å². The Labute approximate surface area is 82.6 Å². The van der Waals surface area contributed by atoms with Crippen LogP contribution in [0.1, 0.15) is 12.0 Å². The Bertz CT molecular complexity index is 310. The molecule has 0 aliphatic carbocycles. The molecule has 0 aromatic heterocycles. The molecule has 70 valence electrons. The van der Waals surface area contributed by atoms with Gasteiger partial charge in [0.25, 0.3) is 0 Å². The van der Waals surface area contributed by atoms with Gasteiger partial charge < -0.3 is 10.8 Å². The number of benzene rings is 1. The zero-order valence-corrected chi connectivity index (χ0v) is 7.96. The molecule has 0 unspecified atom stereocenters. The molecule has 0 aliphatic rings. The van der Waals surface area contributed by atoms with E-state index in [0.29, 0.717) is 17.1 Å². The van der Waals surface area contributed by atoms with Crippen LogP contribution in [0.5, 0.6) is 0 Å². The number of aliphatic hydroxyl groups is 1. The van der Waals surface area contributed by atoms with Gasteiger partial charge in [0.05, 0.1) is 10.7 Å². The van der Waals surface area contributed by atoms with Crippen LogP contribution in [0.25, 0.3) is 6.08 Å². The smallest absolute Gasteiger partial charge is 0.0635 e. The molecule has 0 amide bonds. The monoisotopic (exact) mass is 197 g/mol. The molecule has 0 aliphatic heterocycles. The fraction of sp³-hybridized carbons (Fsp3) is 0.200. The van der Waals surface area contributed by atoms with Gasteiger partial charge in [-0.15, -0.1) is 0 Å². The standard InChI is InChI=1S/C10H12ClNO/c11-9-5-4-8(7-10(9)12)3-1-2-6-13/h1,3-5,7,13H,2,6,12H2. The van der Waals surface area contributed by atoms with Crippen molar-refractivity contribution in [3.05, 3.63) is 34.9 Å². The third kappa shape index (κ3) is 3.09. The number of hydrogen-bond donors (Lipinski definition) is 2. The molecule has 2 nitrogen and oxygen atoms in total. The van der Waals surface area contributed by atoms with Crippen molar-refractivity contribution in [1.82, 2.24) is 0 Å². The van der Waals surface area contributed by atoms with Crippen molar-refractivity contribution in [3.8, 4) is 0 Å². The topological polar surface area (TPSA) is 46.2 Å². The van der Waals surface area contributed by atoms with Gasteiger partial charge in [0.2, 0.25) is 0 Å². The van der Waals surface area contributed by atoms with Gasteiger partial charge in [-0.05, 0) is 24.1 Å². The van der Waals surface area contributed by atoms with Crippen molar-refractivity contribution in [2.75, 3.05) is 12.3 Å². The van der Waals surface area contributed by atoms with Gasteiger partial charge in [-0.1, -0.05) is 29.8 Å². The molecule has 0 atom stereocenters. The van der Waals surface area contributed by atoms with Gasteiger partial charge in [0.1, 0.15) is 0 Å². The van der Waals surface area contributed by atoms with Crippen molar-refractivity contribution >= 4 is 23.4 Å². The van der Waals surface area contributed by atoms with Crippen molar-refractivity contribution in [3.63, 3.8) is 0 Å². The predicted octanol–water partition coefficient (Wildman–Crippen LogP) is 2.32. The highest BCUT2D eigenvalue weighted by atomic mass is 35.5. The molecule has 13 heavy (non-hydrogen) atoms. The Morgan fingerprint density at radius 1 is 1.46 bits per heavy atom. The minimum Gasteiger partial charge on any atom is -0.398 e. The second-order valence-corrected chi connectivity index (χ2v) is 3.10. The van der Waals surface area contributed by atoms with Crippen LogP contribution in [0.15, 0.2) is 24.3 Å². The zero-order valence-electron chi connectivity index (χ0n) is 7.20. The maximum atomic E-state index is 8.55. The summed E-state index contributed by atoms with van der Waals surface area (Å²) in [5.41, 5.74) is 7.18. The third-order valence-corrected chi connectivity index (χ3v) is 1.97. The first-order valence-electron chi connectivity index (χ1n) is 4.06. The number of nitrogens with two attached hydrogens (primary N) is 1. The summed E-state index contributed by atoms with van der Waals surface area (Å²) in [6.45, 7) is 0.166. The Morgan fingerprint density at radius 3 is 2.85 bits per heavy atom. The van der Waals surface area contributed by atoms with Crippen molar-refractivity contribution in [2.45, 2.75) is 6.42 Å². The summed E-state index contributed by atoms with van der Waals surface area (Å²) in [5, 5.41) is 9.11. The normalized spacial score (nSPS) is 10.9. The van der Waals surface area contributed by atoms with Crippen LogP contribution in [0.3, 0.4) is 0 Å². The van der Waals surface area contributed by atoms with Crippen LogP contribution in [0, 0.1) is 0 Å². The summed E-state index contributed by atoms with van der Waals surface area (Å²) in [5.74, 6) is 0. The molecule has 0 bridgehead atoms. The van der Waals surface area contributed by atoms with Crippen molar-refractivity contribution in [2.24, 2.45) is 0 Å². The molecular weight excluding hydrogens is 186 g/mol. The van der Waals surface area contributed by atoms with Gasteiger partial charge in [0, 0.05) is 6.61 Å². The molecule has 1 aromatic rings. The second-order valence-electron chi connectivity index (χ2n) is 2.70. The van der Waals surface area contributed by atoms with Crippen LogP contribution in [0.4, 0.5) is 5.69 Å². The number of hydrogen-bond acceptors (Lipinski definition) is 2. The lowest BCUT2D eigenvalue weighted by Gasteiger charge is -1.98. The summed E-state index contributed by atoms with van der Waals surface area (Å²) in [7, 11) is 0. The number of halogens is 1. The first-order chi connectivity index (χ1) is 6.24. The Hall–Kier alpha value is -0.990. The van der Waals surface area contributed by atoms with E-state index < -0.39 is 0 Å². The van der Waals surface area contributed by atoms with E-state index in [4.69, 9.17) is 22.4 Å². The number of anilines is 1. The van der Waals surface area contributed by atoms with Crippen LogP contribution >= 0.6 is 11.6 Å². The molecule has 0 saturated carbocycles. The maximum absolute atomic E-state index is 8.55. The Kier molecular flexibility index (Phi) is 3.80. The Balaban J connectivity index is 2.73. The zero-order chi connectivity index (χ0) is 9.68. The third-order valence-electron chi connectivity index (χ3n) is 1.63. The molecular formula is C10H12ClNO. The number of aliphatic hydroxyl groups excluding tert-OH is 1. The lowest BCUT2D eigenvalue weighted by Crippen LogP contribution is -1.86. The number of nitrogen functional groups attached to an aromatic ring is 1. The molecule has 0 fully saturated rings. The van der Waals surface area contributed by atoms with Crippen LogP contribution in [-0.2, 0) is 0 Å². The summed E-state index contributed by atoms with van der Waals surface area (Å²) < 4.78 is 0. The first kappa shape index (κ1) is 10.1. The molecule has 0 spiro atoms. The van der Waals surface area contributed by atoms with E-state index in [0.717, 1.165) is 5.56 Å². The van der Waals surface area contributed by atoms with E-state index in [2.05, 4.69) is 0 Å². The minimum atomic E-state index is 0.166. The summed E-state index contributed by atoms with van der Waals surface area (Å²) in [6, 6.07) is 5.44. The van der Waals surface area contributed by atoms with Gasteiger partial charge in [0.15, 0.2) is 0 Å². The van der Waals surface area contributed by atoms with Gasteiger partial charge in [-0.2, -0.15) is 0 Å². The highest BCUT2D eigenvalue weighted by molar-refractivity contribution is 6.33. The van der Waals surface area contributed by atoms with E-state index in [1.807, 2.05) is 18.2 Å². The number of rotatable bonds is 3. The minimum absolute atomic E-state index is 0.166. The summed E-state index contributed by atoms with van der Waals surface area (Å²) >= 11 is 5.75. The van der Waals surface area contributed by atoms with Crippen LogP contribution in [0.2, 0.25) is 5.02 Å². The lowest BCUT2D eigenvalue weighted by molar-refractivity contribution is 0.303. The average Bonchev–Trinajstić information content (AvgIpc) is 2.12. The van der Waals surface area contributed by atoms with Crippen LogP contribution < -0.4 is 5.73 Å². The van der Waals surface area contributed by atoms with Gasteiger partial charge in [-0.3, -0.25) is 0 Å². The van der Waals surface area contributed by atoms with E-state index in [-0.39, 0.29) is 6.61 Å². The SMILES string of the molecule is Nc1cc(C=CCCO)ccc1Cl. The molecule has 0 saturated heterocycles. The largest absolute Gasteiger partial charge is 0.398 e. The average molecular weight is 198 g/mol. The molecule has 3 heteroatoms. The Morgan fingerprint density at radius 2 is 2.23 bits per heavy atom. The fourth-order valence-electron chi connectivity index (χ4n) is 0.960. The van der Waals surface area contributed by atoms with Crippen LogP contribution in [-0.4, -0.2) is 11.7 Å². The molecule has 3 N–H and O–H groups in total. The highest BCUT2D eigenvalue weighted by Gasteiger charge is 1.94. The molecule has 0 heterocycles. The van der Waals surface area contributed by atoms with Crippen molar-refractivity contribution in [1.29, 1.82) is 0 Å². The molecule has 1 aromatic carbocycles. The van der Waals surface area contributed by atoms with Gasteiger partial charge >= 0.3 is 0 Å². The second kappa shape index (κ2) is 4.90. The van der Waals surface area contributed by atoms with E-state index in [1.54, 1.807) is 12.1 Å². The predicted molar refractivity (Wildman–Crippen MR) is 56.6 cm³/mol. The summed E-state index contributed by atoms with van der Waals surface area (Å²) in [6.07, 6.45) is 4.45. The summed E-state index contributed by atoms with van der Waals surface area (Å²) in [4.78, 5) is 0. The molecule has 1 rings (SSSR count). The van der Waals surface area contributed by atoms with E-state index in [9.17, 15) is 0 Å². The van der Waals surface area contributed by atoms with Gasteiger partial charge in [-0.25, -0.2) is 0 Å². The lowest BCUT2D eigenvalue weighted by atomic mass is 10.2. The van der Waals surface area contributed by atoms with E-state index >= 15 is 0 Å². The fourth-order valence-corrected chi connectivity index (χ4v) is 1.08. The van der Waals surface area contributed by atoms with Crippen molar-refractivity contribution < 1.29 is 5.11 Å². The highest BCUT2D eigenvalue weighted by Crippen LogP contribution is 2.20. The first-order valence-corrected chi connectivity index (χ1v) is 4.44.